The van der Waals surface area contributed by atoms with Gasteiger partial charge < -0.3 is 14.4 Å². The zero-order valence-electron chi connectivity index (χ0n) is 16.4. The lowest BCUT2D eigenvalue weighted by atomic mass is 10.2. The molecule has 0 fully saturated rings. The van der Waals surface area contributed by atoms with E-state index in [1.165, 1.54) is 7.05 Å². The first-order chi connectivity index (χ1) is 12.8. The summed E-state index contributed by atoms with van der Waals surface area (Å²) in [5, 5.41) is 9.03. The molecular formula is C18H23F4N3O3. The molecule has 1 heterocycles. The van der Waals surface area contributed by atoms with E-state index in [-0.39, 0.29) is 18.7 Å². The lowest BCUT2D eigenvalue weighted by Crippen LogP contribution is -2.40. The van der Waals surface area contributed by atoms with Gasteiger partial charge in [-0.3, -0.25) is 0 Å². The van der Waals surface area contributed by atoms with Gasteiger partial charge in [-0.2, -0.15) is 18.4 Å². The first-order valence-electron chi connectivity index (χ1n) is 8.55. The van der Waals surface area contributed by atoms with E-state index >= 15 is 0 Å². The van der Waals surface area contributed by atoms with Gasteiger partial charge in [0.25, 0.3) is 0 Å². The molecule has 1 unspecified atom stereocenters. The number of pyridine rings is 1. The summed E-state index contributed by atoms with van der Waals surface area (Å²) in [5.74, 6) is -1.39. The number of ether oxygens (including phenoxy) is 2. The Morgan fingerprint density at radius 1 is 1.36 bits per heavy atom. The number of carbonyl (C=O) groups excluding carboxylic acids is 1. The van der Waals surface area contributed by atoms with Crippen molar-refractivity contribution in [1.82, 2.24) is 9.88 Å². The van der Waals surface area contributed by atoms with Gasteiger partial charge in [-0.1, -0.05) is 6.92 Å². The predicted molar refractivity (Wildman–Crippen MR) is 92.2 cm³/mol. The van der Waals surface area contributed by atoms with Crippen LogP contribution in [0.1, 0.15) is 45.4 Å². The van der Waals surface area contributed by atoms with Crippen LogP contribution in [0.4, 0.5) is 22.4 Å². The van der Waals surface area contributed by atoms with E-state index in [1.807, 2.05) is 0 Å². The number of amides is 1. The van der Waals surface area contributed by atoms with Gasteiger partial charge in [0.1, 0.15) is 23.1 Å². The number of nitrogens with zero attached hydrogens (tertiary/aromatic N) is 3. The average molecular weight is 405 g/mol. The van der Waals surface area contributed by atoms with Crippen molar-refractivity contribution in [2.45, 2.75) is 58.4 Å². The highest BCUT2D eigenvalue weighted by molar-refractivity contribution is 5.67. The Hall–Kier alpha value is -2.57. The van der Waals surface area contributed by atoms with Crippen molar-refractivity contribution in [3.63, 3.8) is 0 Å². The fourth-order valence-corrected chi connectivity index (χ4v) is 2.09. The number of aryl methyl sites for hydroxylation is 1. The number of hydrogen-bond donors (Lipinski definition) is 0. The van der Waals surface area contributed by atoms with Crippen LogP contribution in [0.5, 0.6) is 5.88 Å². The number of hydrogen-bond acceptors (Lipinski definition) is 5. The molecule has 6 nitrogen and oxygen atoms in total. The van der Waals surface area contributed by atoms with Crippen molar-refractivity contribution >= 4 is 6.09 Å². The number of carbonyl (C=O) groups is 1. The molecule has 0 aliphatic heterocycles. The average Bonchev–Trinajstić information content (AvgIpc) is 2.56. The molecule has 1 rings (SSSR count). The third-order valence-corrected chi connectivity index (χ3v) is 3.52. The van der Waals surface area contributed by atoms with E-state index in [0.717, 1.165) is 11.0 Å². The van der Waals surface area contributed by atoms with Gasteiger partial charge in [-0.15, -0.1) is 0 Å². The van der Waals surface area contributed by atoms with Crippen LogP contribution in [0.15, 0.2) is 6.07 Å². The van der Waals surface area contributed by atoms with E-state index in [9.17, 15) is 22.4 Å². The Morgan fingerprint density at radius 2 is 1.96 bits per heavy atom. The summed E-state index contributed by atoms with van der Waals surface area (Å²) in [7, 11) is 1.30. The van der Waals surface area contributed by atoms with Crippen molar-refractivity contribution in [2.75, 3.05) is 13.6 Å². The fourth-order valence-electron chi connectivity index (χ4n) is 2.09. The van der Waals surface area contributed by atoms with E-state index in [0.29, 0.717) is 0 Å². The normalized spacial score (nSPS) is 12.9. The van der Waals surface area contributed by atoms with Crippen LogP contribution in [-0.2, 0) is 11.2 Å². The summed E-state index contributed by atoms with van der Waals surface area (Å²) < 4.78 is 63.9. The summed E-state index contributed by atoms with van der Waals surface area (Å²) in [6.45, 7) is 6.15. The van der Waals surface area contributed by atoms with Crippen molar-refractivity contribution in [1.29, 1.82) is 5.26 Å². The Labute approximate surface area is 161 Å². The fraction of sp³-hybridized carbons (Fsp3) is 0.611. The SMILES string of the molecule is CCc1nc(OC(CCN(C)C(=O)OC(C)(C)C)C(F)(F)F)c(C#N)cc1F. The van der Waals surface area contributed by atoms with Gasteiger partial charge in [-0.05, 0) is 33.3 Å². The predicted octanol–water partition coefficient (Wildman–Crippen LogP) is 4.22. The van der Waals surface area contributed by atoms with Gasteiger partial charge in [0.2, 0.25) is 5.88 Å². The largest absolute Gasteiger partial charge is 0.464 e. The molecule has 0 bridgehead atoms. The Bertz CT molecular complexity index is 739. The standard InChI is InChI=1S/C18H23F4N3O3/c1-6-13-12(19)9-11(10-23)15(24-13)27-14(18(20,21)22)7-8-25(5)16(26)28-17(2,3)4/h9,14H,6-8H2,1-5H3. The zero-order chi connectivity index (χ0) is 21.7. The maximum absolute atomic E-state index is 13.7. The van der Waals surface area contributed by atoms with E-state index < -0.39 is 47.7 Å². The van der Waals surface area contributed by atoms with Crippen LogP contribution in [-0.4, -0.2) is 47.5 Å². The van der Waals surface area contributed by atoms with Crippen LogP contribution in [0.2, 0.25) is 0 Å². The highest BCUT2D eigenvalue weighted by atomic mass is 19.4. The third kappa shape index (κ3) is 6.87. The molecule has 0 aliphatic carbocycles. The molecular weight excluding hydrogens is 382 g/mol. The van der Waals surface area contributed by atoms with Gasteiger partial charge >= 0.3 is 12.3 Å². The van der Waals surface area contributed by atoms with E-state index in [1.54, 1.807) is 33.8 Å². The van der Waals surface area contributed by atoms with E-state index in [4.69, 9.17) is 14.7 Å². The summed E-state index contributed by atoms with van der Waals surface area (Å²) in [4.78, 5) is 16.6. The topological polar surface area (TPSA) is 75.4 Å². The highest BCUT2D eigenvalue weighted by Gasteiger charge is 2.42. The molecule has 1 atom stereocenters. The lowest BCUT2D eigenvalue weighted by Gasteiger charge is -2.27. The second-order valence-electron chi connectivity index (χ2n) is 7.07. The summed E-state index contributed by atoms with van der Waals surface area (Å²) in [6, 6.07) is 2.37. The lowest BCUT2D eigenvalue weighted by molar-refractivity contribution is -0.198. The van der Waals surface area contributed by atoms with Crippen molar-refractivity contribution in [3.8, 4) is 11.9 Å². The summed E-state index contributed by atoms with van der Waals surface area (Å²) >= 11 is 0. The van der Waals surface area contributed by atoms with E-state index in [2.05, 4.69) is 4.98 Å². The molecule has 0 saturated heterocycles. The van der Waals surface area contributed by atoms with Crippen LogP contribution in [0.25, 0.3) is 0 Å². The van der Waals surface area contributed by atoms with Crippen molar-refractivity contribution < 1.29 is 31.8 Å². The molecule has 10 heteroatoms. The molecule has 1 aromatic rings. The molecule has 0 radical (unpaired) electrons. The first-order valence-corrected chi connectivity index (χ1v) is 8.55. The van der Waals surface area contributed by atoms with Crippen LogP contribution in [0.3, 0.4) is 0 Å². The molecule has 28 heavy (non-hydrogen) atoms. The summed E-state index contributed by atoms with van der Waals surface area (Å²) in [6.07, 6.45) is -8.41. The van der Waals surface area contributed by atoms with Gasteiger partial charge in [-0.25, -0.2) is 14.2 Å². The third-order valence-electron chi connectivity index (χ3n) is 3.52. The minimum atomic E-state index is -4.79. The number of rotatable bonds is 6. The molecule has 0 aromatic carbocycles. The number of aromatic nitrogens is 1. The first kappa shape index (κ1) is 23.5. The number of halogens is 4. The quantitative estimate of drug-likeness (QED) is 0.663. The van der Waals surface area contributed by atoms with Crippen LogP contribution >= 0.6 is 0 Å². The minimum Gasteiger partial charge on any atom is -0.464 e. The number of nitriles is 1. The van der Waals surface area contributed by atoms with Gasteiger partial charge in [0, 0.05) is 20.0 Å². The molecule has 0 spiro atoms. The molecule has 0 N–H and O–H groups in total. The maximum atomic E-state index is 13.7. The van der Waals surface area contributed by atoms with Crippen molar-refractivity contribution in [2.24, 2.45) is 0 Å². The van der Waals surface area contributed by atoms with Crippen LogP contribution < -0.4 is 4.74 Å². The Balaban J connectivity index is 2.97. The number of alkyl halides is 3. The molecule has 1 amide bonds. The monoisotopic (exact) mass is 405 g/mol. The second kappa shape index (κ2) is 9.08. The molecule has 0 saturated carbocycles. The Morgan fingerprint density at radius 3 is 2.43 bits per heavy atom. The smallest absolute Gasteiger partial charge is 0.425 e. The zero-order valence-corrected chi connectivity index (χ0v) is 16.4. The van der Waals surface area contributed by atoms with Crippen molar-refractivity contribution in [3.05, 3.63) is 23.1 Å². The molecule has 0 aliphatic rings. The summed E-state index contributed by atoms with van der Waals surface area (Å²) in [5.41, 5.74) is -1.34. The highest BCUT2D eigenvalue weighted by Crippen LogP contribution is 2.29. The van der Waals surface area contributed by atoms with Gasteiger partial charge in [0.05, 0.1) is 5.69 Å². The van der Waals surface area contributed by atoms with Gasteiger partial charge in [0.15, 0.2) is 6.10 Å². The Kier molecular flexibility index (Phi) is 7.61. The minimum absolute atomic E-state index is 0.110. The second-order valence-corrected chi connectivity index (χ2v) is 7.07. The van der Waals surface area contributed by atoms with Crippen LogP contribution in [0, 0.1) is 17.1 Å². The molecule has 156 valence electrons. The molecule has 1 aromatic heterocycles. The maximum Gasteiger partial charge on any atom is 0.425 e.